The summed E-state index contributed by atoms with van der Waals surface area (Å²) in [6.45, 7) is 4.55. The van der Waals surface area contributed by atoms with Gasteiger partial charge in [0.2, 0.25) is 0 Å². The highest BCUT2D eigenvalue weighted by molar-refractivity contribution is 8.76. The lowest BCUT2D eigenvalue weighted by molar-refractivity contribution is 0.706. The molecular weight excluding hydrogens is 208 g/mol. The second-order valence-corrected chi connectivity index (χ2v) is 6.47. The second kappa shape index (κ2) is 13.7. The molecule has 0 amide bonds. The quantitative estimate of drug-likeness (QED) is 0.340. The van der Waals surface area contributed by atoms with Crippen LogP contribution in [-0.4, -0.2) is 11.5 Å². The second-order valence-electron chi connectivity index (χ2n) is 3.77. The molecule has 0 N–H and O–H groups in total. The van der Waals surface area contributed by atoms with Crippen molar-refractivity contribution in [3.05, 3.63) is 0 Å². The van der Waals surface area contributed by atoms with E-state index in [1.165, 1.54) is 62.9 Å². The van der Waals surface area contributed by atoms with Crippen LogP contribution in [0, 0.1) is 0 Å². The van der Waals surface area contributed by atoms with Gasteiger partial charge >= 0.3 is 0 Å². The van der Waals surface area contributed by atoms with E-state index in [1.807, 2.05) is 0 Å². The molecule has 86 valence electrons. The van der Waals surface area contributed by atoms with Crippen LogP contribution in [0.3, 0.4) is 0 Å². The Bertz CT molecular complexity index is 82.3. The molecule has 14 heavy (non-hydrogen) atoms. The fourth-order valence-electron chi connectivity index (χ4n) is 1.29. The van der Waals surface area contributed by atoms with Crippen molar-refractivity contribution in [1.29, 1.82) is 0 Å². The van der Waals surface area contributed by atoms with E-state index in [0.29, 0.717) is 0 Å². The SMILES string of the molecule is CCCCCCSSCCCCCC. The van der Waals surface area contributed by atoms with Crippen molar-refractivity contribution in [3.8, 4) is 0 Å². The maximum Gasteiger partial charge on any atom is 0.00369 e. The first-order valence-electron chi connectivity index (χ1n) is 6.16. The van der Waals surface area contributed by atoms with E-state index < -0.39 is 0 Å². The summed E-state index contributed by atoms with van der Waals surface area (Å²) in [5.74, 6) is 2.72. The third kappa shape index (κ3) is 12.7. The van der Waals surface area contributed by atoms with Gasteiger partial charge in [-0.2, -0.15) is 0 Å². The number of hydrogen-bond donors (Lipinski definition) is 0. The smallest absolute Gasteiger partial charge is 0.00369 e. The topological polar surface area (TPSA) is 0 Å². The zero-order valence-electron chi connectivity index (χ0n) is 9.89. The van der Waals surface area contributed by atoms with Crippen molar-refractivity contribution in [1.82, 2.24) is 0 Å². The molecular formula is C12H26S2. The Morgan fingerprint density at radius 2 is 1.00 bits per heavy atom. The van der Waals surface area contributed by atoms with Crippen LogP contribution in [0.4, 0.5) is 0 Å². The number of unbranched alkanes of at least 4 members (excludes halogenated alkanes) is 6. The minimum Gasteiger partial charge on any atom is -0.0942 e. The van der Waals surface area contributed by atoms with Crippen LogP contribution in [0.5, 0.6) is 0 Å². The average molecular weight is 234 g/mol. The predicted molar refractivity (Wildman–Crippen MR) is 73.2 cm³/mol. The van der Waals surface area contributed by atoms with Crippen LogP contribution in [0.25, 0.3) is 0 Å². The van der Waals surface area contributed by atoms with Crippen LogP contribution < -0.4 is 0 Å². The molecule has 0 aromatic rings. The largest absolute Gasteiger partial charge is 0.0942 e. The highest BCUT2D eigenvalue weighted by Crippen LogP contribution is 2.24. The lowest BCUT2D eigenvalue weighted by Gasteiger charge is -2.00. The van der Waals surface area contributed by atoms with Crippen LogP contribution >= 0.6 is 21.6 Å². The van der Waals surface area contributed by atoms with Crippen molar-refractivity contribution in [2.45, 2.75) is 65.2 Å². The summed E-state index contributed by atoms with van der Waals surface area (Å²) in [5.41, 5.74) is 0. The fourth-order valence-corrected chi connectivity index (χ4v) is 3.59. The van der Waals surface area contributed by atoms with Crippen LogP contribution in [0.15, 0.2) is 0 Å². The van der Waals surface area contributed by atoms with Gasteiger partial charge in [0.15, 0.2) is 0 Å². The molecule has 0 aliphatic rings. The average Bonchev–Trinajstić information content (AvgIpc) is 2.21. The Morgan fingerprint density at radius 1 is 0.571 bits per heavy atom. The Morgan fingerprint density at radius 3 is 1.36 bits per heavy atom. The van der Waals surface area contributed by atoms with Gasteiger partial charge in [0, 0.05) is 11.5 Å². The molecule has 2 heteroatoms. The van der Waals surface area contributed by atoms with Gasteiger partial charge in [-0.05, 0) is 12.8 Å². The van der Waals surface area contributed by atoms with E-state index >= 15 is 0 Å². The molecule has 0 nitrogen and oxygen atoms in total. The first-order valence-corrected chi connectivity index (χ1v) is 8.65. The van der Waals surface area contributed by atoms with Crippen LogP contribution in [0.1, 0.15) is 65.2 Å². The van der Waals surface area contributed by atoms with E-state index in [9.17, 15) is 0 Å². The standard InChI is InChI=1S/C12H26S2/c1-3-5-7-9-11-13-14-12-10-8-6-4-2/h3-12H2,1-2H3. The maximum atomic E-state index is 2.27. The molecule has 0 atom stereocenters. The van der Waals surface area contributed by atoms with Crippen molar-refractivity contribution in [2.24, 2.45) is 0 Å². The zero-order valence-corrected chi connectivity index (χ0v) is 11.5. The van der Waals surface area contributed by atoms with Gasteiger partial charge in [0.05, 0.1) is 0 Å². The first kappa shape index (κ1) is 14.7. The summed E-state index contributed by atoms with van der Waals surface area (Å²) in [4.78, 5) is 0. The maximum absolute atomic E-state index is 2.27. The number of rotatable bonds is 11. The summed E-state index contributed by atoms with van der Waals surface area (Å²) in [6, 6.07) is 0. The van der Waals surface area contributed by atoms with Crippen molar-refractivity contribution >= 4 is 21.6 Å². The predicted octanol–water partition coefficient (Wildman–Crippen LogP) is 5.53. The van der Waals surface area contributed by atoms with Gasteiger partial charge in [0.1, 0.15) is 0 Å². The molecule has 0 aliphatic carbocycles. The van der Waals surface area contributed by atoms with Gasteiger partial charge in [-0.25, -0.2) is 0 Å². The molecule has 0 aromatic heterocycles. The van der Waals surface area contributed by atoms with E-state index in [0.717, 1.165) is 0 Å². The van der Waals surface area contributed by atoms with Crippen LogP contribution in [-0.2, 0) is 0 Å². The van der Waals surface area contributed by atoms with Gasteiger partial charge in [-0.15, -0.1) is 0 Å². The summed E-state index contributed by atoms with van der Waals surface area (Å²) >= 11 is 0. The van der Waals surface area contributed by atoms with E-state index in [2.05, 4.69) is 35.4 Å². The summed E-state index contributed by atoms with van der Waals surface area (Å²) in [7, 11) is 4.16. The first-order chi connectivity index (χ1) is 6.91. The lowest BCUT2D eigenvalue weighted by Crippen LogP contribution is -1.81. The molecule has 0 saturated heterocycles. The Labute approximate surface area is 98.4 Å². The highest BCUT2D eigenvalue weighted by atomic mass is 33.1. The molecule has 0 fully saturated rings. The zero-order chi connectivity index (χ0) is 10.5. The molecule has 0 bridgehead atoms. The van der Waals surface area contributed by atoms with Gasteiger partial charge in [-0.3, -0.25) is 0 Å². The number of hydrogen-bond acceptors (Lipinski definition) is 2. The molecule has 0 rings (SSSR count). The molecule has 0 spiro atoms. The van der Waals surface area contributed by atoms with Gasteiger partial charge in [-0.1, -0.05) is 74.0 Å². The Hall–Kier alpha value is 0.700. The van der Waals surface area contributed by atoms with Crippen molar-refractivity contribution in [2.75, 3.05) is 11.5 Å². The normalized spacial score (nSPS) is 10.7. The third-order valence-electron chi connectivity index (χ3n) is 2.25. The molecule has 0 aromatic carbocycles. The molecule has 0 heterocycles. The summed E-state index contributed by atoms with van der Waals surface area (Å²) in [5, 5.41) is 0. The van der Waals surface area contributed by atoms with Crippen LogP contribution in [0.2, 0.25) is 0 Å². The lowest BCUT2D eigenvalue weighted by atomic mass is 10.2. The van der Waals surface area contributed by atoms with E-state index in [4.69, 9.17) is 0 Å². The van der Waals surface area contributed by atoms with Crippen molar-refractivity contribution < 1.29 is 0 Å². The minimum atomic E-state index is 1.36. The summed E-state index contributed by atoms with van der Waals surface area (Å²) < 4.78 is 0. The summed E-state index contributed by atoms with van der Waals surface area (Å²) in [6.07, 6.45) is 11.2. The Balaban J connectivity index is 2.78. The third-order valence-corrected chi connectivity index (χ3v) is 4.82. The minimum absolute atomic E-state index is 1.36. The molecule has 0 unspecified atom stereocenters. The fraction of sp³-hybridized carbons (Fsp3) is 1.00. The van der Waals surface area contributed by atoms with E-state index in [1.54, 1.807) is 0 Å². The van der Waals surface area contributed by atoms with E-state index in [-0.39, 0.29) is 0 Å². The Kier molecular flexibility index (Phi) is 14.4. The van der Waals surface area contributed by atoms with Gasteiger partial charge in [0.25, 0.3) is 0 Å². The molecule has 0 aliphatic heterocycles. The molecule has 0 radical (unpaired) electrons. The monoisotopic (exact) mass is 234 g/mol. The van der Waals surface area contributed by atoms with Crippen molar-refractivity contribution in [3.63, 3.8) is 0 Å². The van der Waals surface area contributed by atoms with Gasteiger partial charge < -0.3 is 0 Å². The molecule has 0 saturated carbocycles. The highest BCUT2D eigenvalue weighted by Gasteiger charge is 1.92.